The van der Waals surface area contributed by atoms with Gasteiger partial charge in [-0.25, -0.2) is 0 Å². The van der Waals surface area contributed by atoms with Gasteiger partial charge in [-0.15, -0.1) is 13.2 Å². The van der Waals surface area contributed by atoms with Crippen LogP contribution >= 0.6 is 0 Å². The first-order valence-electron chi connectivity index (χ1n) is 3.70. The molecule has 12 heavy (non-hydrogen) atoms. The van der Waals surface area contributed by atoms with Crippen LogP contribution in [0.3, 0.4) is 0 Å². The summed E-state index contributed by atoms with van der Waals surface area (Å²) in [5.41, 5.74) is 0. The molecule has 0 rings (SSSR count). The molecule has 0 aliphatic rings. The second-order valence-electron chi connectivity index (χ2n) is 3.12. The van der Waals surface area contributed by atoms with E-state index < -0.39 is 0 Å². The minimum Gasteiger partial charge on any atom is -0.854 e. The Kier molecular flexibility index (Phi) is 35.6. The second-order valence-corrected chi connectivity index (χ2v) is 3.12. The summed E-state index contributed by atoms with van der Waals surface area (Å²) >= 11 is 0. The van der Waals surface area contributed by atoms with E-state index >= 15 is 0 Å². The summed E-state index contributed by atoms with van der Waals surface area (Å²) in [6.07, 6.45) is 0. The van der Waals surface area contributed by atoms with Gasteiger partial charge < -0.3 is 10.2 Å². The van der Waals surface area contributed by atoms with Crippen LogP contribution in [0.25, 0.3) is 0 Å². The molecule has 0 atom stereocenters. The summed E-state index contributed by atoms with van der Waals surface area (Å²) in [5.74, 6) is 0.657. The van der Waals surface area contributed by atoms with E-state index in [0.717, 1.165) is 0 Å². The molecule has 0 aromatic carbocycles. The quantitative estimate of drug-likeness (QED) is 0.543. The predicted molar refractivity (Wildman–Crippen MR) is 50.9 cm³/mol. The molecule has 0 saturated heterocycles. The molecule has 0 N–H and O–H groups in total. The summed E-state index contributed by atoms with van der Waals surface area (Å²) in [6.45, 7) is 7.75. The zero-order valence-electron chi connectivity index (χ0n) is 8.80. The van der Waals surface area contributed by atoms with Gasteiger partial charge in [-0.05, 0) is 0 Å². The molecule has 0 aromatic rings. The molecule has 4 heteroatoms. The van der Waals surface area contributed by atoms with Crippen molar-refractivity contribution in [2.45, 2.75) is 27.7 Å². The van der Waals surface area contributed by atoms with Gasteiger partial charge in [0.15, 0.2) is 0 Å². The summed E-state index contributed by atoms with van der Waals surface area (Å²) < 4.78 is 0. The van der Waals surface area contributed by atoms with Crippen molar-refractivity contribution in [2.75, 3.05) is 13.2 Å². The molecule has 0 aliphatic heterocycles. The van der Waals surface area contributed by atoms with Crippen LogP contribution in [0.5, 0.6) is 0 Å². The molecule has 2 nitrogen and oxygen atoms in total. The zero-order valence-corrected chi connectivity index (χ0v) is 11.6. The number of hydrogen-bond donors (Lipinski definition) is 0. The van der Waals surface area contributed by atoms with Crippen molar-refractivity contribution in [1.29, 1.82) is 0 Å². The van der Waals surface area contributed by atoms with Crippen molar-refractivity contribution in [3.8, 4) is 0 Å². The molecule has 0 amide bonds. The van der Waals surface area contributed by atoms with E-state index in [9.17, 15) is 10.2 Å². The van der Waals surface area contributed by atoms with Crippen LogP contribution < -0.4 is 10.2 Å². The summed E-state index contributed by atoms with van der Waals surface area (Å²) in [6, 6.07) is 0. The Labute approximate surface area is 108 Å². The average Bonchev–Trinajstić information content (AvgIpc) is 1.89. The largest absolute Gasteiger partial charge is 2.00 e. The van der Waals surface area contributed by atoms with Crippen LogP contribution in [0, 0.1) is 11.8 Å². The van der Waals surface area contributed by atoms with Crippen LogP contribution in [-0.2, 0) is 0 Å². The van der Waals surface area contributed by atoms with Gasteiger partial charge in [0, 0.05) is 0 Å². The maximum Gasteiger partial charge on any atom is 2.00 e. The second kappa shape index (κ2) is 18.3. The molecule has 0 saturated carbocycles. The molecule has 64 valence electrons. The van der Waals surface area contributed by atoms with E-state index in [2.05, 4.69) is 0 Å². The first-order chi connectivity index (χ1) is 4.54. The van der Waals surface area contributed by atoms with Gasteiger partial charge in [-0.3, -0.25) is 0 Å². The third-order valence-electron chi connectivity index (χ3n) is 0.667. The standard InChI is InChI=1S/2C4H9O.2Mg/c2*1-4(2)3-5;;/h2*4H,3H2,1-2H3;;/q2*-1;2*+2. The van der Waals surface area contributed by atoms with Crippen molar-refractivity contribution in [2.24, 2.45) is 11.8 Å². The van der Waals surface area contributed by atoms with Crippen LogP contribution in [0.1, 0.15) is 27.7 Å². The summed E-state index contributed by atoms with van der Waals surface area (Å²) in [5, 5.41) is 19.3. The molecule has 0 aliphatic carbocycles. The normalized spacial score (nSPS) is 8.00. The van der Waals surface area contributed by atoms with Crippen LogP contribution in [0.2, 0.25) is 0 Å². The van der Waals surface area contributed by atoms with Crippen molar-refractivity contribution in [3.05, 3.63) is 0 Å². The Balaban J connectivity index is -0.0000000457. The molecule has 0 aromatic heterocycles. The van der Waals surface area contributed by atoms with Crippen molar-refractivity contribution < 1.29 is 10.2 Å². The minimum absolute atomic E-state index is 0. The molecular formula is C8H18Mg2O2+2. The van der Waals surface area contributed by atoms with E-state index in [1.165, 1.54) is 0 Å². The van der Waals surface area contributed by atoms with Crippen molar-refractivity contribution in [1.82, 2.24) is 0 Å². The summed E-state index contributed by atoms with van der Waals surface area (Å²) in [7, 11) is 0. The number of rotatable bonds is 2. The first kappa shape index (κ1) is 23.3. The fraction of sp³-hybridized carbons (Fsp3) is 1.00. The fourth-order valence-corrected chi connectivity index (χ4v) is 0. The fourth-order valence-electron chi connectivity index (χ4n) is 0. The van der Waals surface area contributed by atoms with Gasteiger partial charge in [0.1, 0.15) is 0 Å². The van der Waals surface area contributed by atoms with Gasteiger partial charge in [0.2, 0.25) is 0 Å². The monoisotopic (exact) mass is 194 g/mol. The Morgan fingerprint density at radius 1 is 0.750 bits per heavy atom. The van der Waals surface area contributed by atoms with Crippen LogP contribution in [0.4, 0.5) is 0 Å². The smallest absolute Gasteiger partial charge is 0.854 e. The Morgan fingerprint density at radius 3 is 0.833 bits per heavy atom. The van der Waals surface area contributed by atoms with Crippen LogP contribution in [0.15, 0.2) is 0 Å². The van der Waals surface area contributed by atoms with Crippen LogP contribution in [-0.4, -0.2) is 59.3 Å². The van der Waals surface area contributed by atoms with Crippen molar-refractivity contribution >= 4 is 46.1 Å². The average molecular weight is 195 g/mol. The SMILES string of the molecule is CC(C)C[O-].CC(C)C[O-].[Mg+2].[Mg+2]. The van der Waals surface area contributed by atoms with E-state index in [4.69, 9.17) is 0 Å². The topological polar surface area (TPSA) is 46.1 Å². The molecule has 0 radical (unpaired) electrons. The maximum atomic E-state index is 9.63. The molecule has 0 heterocycles. The Hall–Kier alpha value is 1.45. The van der Waals surface area contributed by atoms with E-state index in [-0.39, 0.29) is 59.3 Å². The molecule has 0 unspecified atom stereocenters. The molecule has 0 spiro atoms. The molecular weight excluding hydrogens is 177 g/mol. The van der Waals surface area contributed by atoms with E-state index in [0.29, 0.717) is 11.8 Å². The van der Waals surface area contributed by atoms with Gasteiger partial charge in [0.05, 0.1) is 0 Å². The third kappa shape index (κ3) is 42.1. The Morgan fingerprint density at radius 2 is 0.833 bits per heavy atom. The predicted octanol–water partition coefficient (Wildman–Crippen LogP) is -0.756. The van der Waals surface area contributed by atoms with Gasteiger partial charge in [-0.1, -0.05) is 39.5 Å². The van der Waals surface area contributed by atoms with E-state index in [1.807, 2.05) is 27.7 Å². The first-order valence-corrected chi connectivity index (χ1v) is 3.70. The maximum absolute atomic E-state index is 9.63. The number of hydrogen-bond acceptors (Lipinski definition) is 2. The molecule has 0 fully saturated rings. The summed E-state index contributed by atoms with van der Waals surface area (Å²) in [4.78, 5) is 0. The zero-order chi connectivity index (χ0) is 8.57. The van der Waals surface area contributed by atoms with Gasteiger partial charge in [-0.2, -0.15) is 0 Å². The van der Waals surface area contributed by atoms with Gasteiger partial charge >= 0.3 is 46.1 Å². The minimum atomic E-state index is 0. The van der Waals surface area contributed by atoms with Crippen molar-refractivity contribution in [3.63, 3.8) is 0 Å². The Bertz CT molecular complexity index is 51.0. The van der Waals surface area contributed by atoms with E-state index in [1.54, 1.807) is 0 Å². The van der Waals surface area contributed by atoms with Gasteiger partial charge in [0.25, 0.3) is 0 Å². The molecule has 0 bridgehead atoms. The third-order valence-corrected chi connectivity index (χ3v) is 0.667.